The van der Waals surface area contributed by atoms with Gasteiger partial charge >= 0.3 is 0 Å². The molecule has 0 saturated heterocycles. The summed E-state index contributed by atoms with van der Waals surface area (Å²) >= 11 is 0. The van der Waals surface area contributed by atoms with Crippen molar-refractivity contribution in [2.45, 2.75) is 26.7 Å². The predicted molar refractivity (Wildman–Crippen MR) is 76.1 cm³/mol. The number of para-hydroxylation sites is 2. The quantitative estimate of drug-likeness (QED) is 0.848. The van der Waals surface area contributed by atoms with Gasteiger partial charge in [-0.3, -0.25) is 9.59 Å². The highest BCUT2D eigenvalue weighted by molar-refractivity contribution is 6.01. The lowest BCUT2D eigenvalue weighted by molar-refractivity contribution is -0.117. The van der Waals surface area contributed by atoms with E-state index in [-0.39, 0.29) is 18.1 Å². The zero-order chi connectivity index (χ0) is 13.8. The van der Waals surface area contributed by atoms with E-state index in [9.17, 15) is 9.59 Å². The molecule has 4 nitrogen and oxygen atoms in total. The van der Waals surface area contributed by atoms with Gasteiger partial charge in [-0.1, -0.05) is 19.1 Å². The van der Waals surface area contributed by atoms with E-state index in [4.69, 9.17) is 0 Å². The van der Waals surface area contributed by atoms with Crippen molar-refractivity contribution in [1.82, 2.24) is 0 Å². The number of hydrogen-bond donors (Lipinski definition) is 1. The van der Waals surface area contributed by atoms with Crippen LogP contribution in [-0.2, 0) is 9.59 Å². The molecule has 0 saturated carbocycles. The van der Waals surface area contributed by atoms with Gasteiger partial charge in [0.25, 0.3) is 0 Å². The second-order valence-electron chi connectivity index (χ2n) is 4.64. The summed E-state index contributed by atoms with van der Waals surface area (Å²) in [5.74, 6) is -0.0384. The van der Waals surface area contributed by atoms with Crippen LogP contribution in [0.15, 0.2) is 36.0 Å². The molecular weight excluding hydrogens is 240 g/mol. The molecule has 19 heavy (non-hydrogen) atoms. The smallest absolute Gasteiger partial charge is 0.232 e. The molecule has 0 aromatic heterocycles. The van der Waals surface area contributed by atoms with Crippen LogP contribution in [0.5, 0.6) is 0 Å². The van der Waals surface area contributed by atoms with E-state index in [1.165, 1.54) is 13.0 Å². The van der Waals surface area contributed by atoms with Crippen LogP contribution in [0.25, 0.3) is 0 Å². The summed E-state index contributed by atoms with van der Waals surface area (Å²) in [5, 5.41) is 3.19. The Morgan fingerprint density at radius 3 is 2.84 bits per heavy atom. The minimum absolute atomic E-state index is 0.0202. The zero-order valence-electron chi connectivity index (χ0n) is 11.3. The highest BCUT2D eigenvalue weighted by atomic mass is 16.2. The summed E-state index contributed by atoms with van der Waals surface area (Å²) in [6.07, 6.45) is 2.62. The Kier molecular flexibility index (Phi) is 4.00. The number of benzene rings is 1. The molecule has 0 fully saturated rings. The predicted octanol–water partition coefficient (Wildman–Crippen LogP) is 2.72. The van der Waals surface area contributed by atoms with Gasteiger partial charge in [0.2, 0.25) is 5.91 Å². The Hall–Kier alpha value is -2.10. The zero-order valence-corrected chi connectivity index (χ0v) is 11.3. The topological polar surface area (TPSA) is 49.4 Å². The molecule has 0 bridgehead atoms. The van der Waals surface area contributed by atoms with Gasteiger partial charge in [-0.25, -0.2) is 0 Å². The fraction of sp³-hybridized carbons (Fsp3) is 0.333. The van der Waals surface area contributed by atoms with Crippen LogP contribution >= 0.6 is 0 Å². The molecule has 100 valence electrons. The number of hydrogen-bond acceptors (Lipinski definition) is 3. The fourth-order valence-corrected chi connectivity index (χ4v) is 2.23. The number of carbonyl (C=O) groups excluding carboxylic acids is 2. The van der Waals surface area contributed by atoms with Crippen LogP contribution in [0.1, 0.15) is 26.7 Å². The third kappa shape index (κ3) is 3.02. The largest absolute Gasteiger partial charge is 0.357 e. The Morgan fingerprint density at radius 1 is 1.42 bits per heavy atom. The van der Waals surface area contributed by atoms with E-state index in [0.717, 1.165) is 17.8 Å². The first-order chi connectivity index (χ1) is 9.11. The monoisotopic (exact) mass is 258 g/mol. The second-order valence-corrected chi connectivity index (χ2v) is 4.64. The SMILES string of the molecule is CCCN1C(=O)CC(=CC(C)=O)Nc2ccccc21. The first-order valence-corrected chi connectivity index (χ1v) is 6.49. The van der Waals surface area contributed by atoms with Gasteiger partial charge in [0.05, 0.1) is 17.8 Å². The van der Waals surface area contributed by atoms with Gasteiger partial charge in [-0.05, 0) is 25.5 Å². The average molecular weight is 258 g/mol. The molecule has 1 aromatic rings. The van der Waals surface area contributed by atoms with Gasteiger partial charge < -0.3 is 10.2 Å². The summed E-state index contributed by atoms with van der Waals surface area (Å²) in [5.41, 5.74) is 2.40. The average Bonchev–Trinajstić information content (AvgIpc) is 2.47. The van der Waals surface area contributed by atoms with E-state index < -0.39 is 0 Å². The molecule has 0 radical (unpaired) electrons. The van der Waals surface area contributed by atoms with Crippen molar-refractivity contribution in [2.75, 3.05) is 16.8 Å². The molecule has 4 heteroatoms. The highest BCUT2D eigenvalue weighted by Gasteiger charge is 2.23. The first-order valence-electron chi connectivity index (χ1n) is 6.49. The van der Waals surface area contributed by atoms with Crippen molar-refractivity contribution in [3.05, 3.63) is 36.0 Å². The molecular formula is C15H18N2O2. The fourth-order valence-electron chi connectivity index (χ4n) is 2.23. The Morgan fingerprint density at radius 2 is 2.16 bits per heavy atom. The maximum atomic E-state index is 12.3. The first kappa shape index (κ1) is 13.3. The number of fused-ring (bicyclic) bond motifs is 1. The Balaban J connectivity index is 2.44. The summed E-state index contributed by atoms with van der Waals surface area (Å²) in [6, 6.07) is 7.67. The van der Waals surface area contributed by atoms with Crippen LogP contribution in [0.3, 0.4) is 0 Å². The van der Waals surface area contributed by atoms with Crippen molar-refractivity contribution in [2.24, 2.45) is 0 Å². The van der Waals surface area contributed by atoms with Gasteiger partial charge in [0.15, 0.2) is 5.78 Å². The van der Waals surface area contributed by atoms with Crippen LogP contribution in [0.2, 0.25) is 0 Å². The minimum Gasteiger partial charge on any atom is -0.357 e. The number of amides is 1. The van der Waals surface area contributed by atoms with E-state index in [0.29, 0.717) is 12.2 Å². The lowest BCUT2D eigenvalue weighted by Gasteiger charge is -2.21. The number of ketones is 1. The number of allylic oxidation sites excluding steroid dienone is 1. The van der Waals surface area contributed by atoms with Crippen molar-refractivity contribution >= 4 is 23.1 Å². The van der Waals surface area contributed by atoms with Crippen LogP contribution in [0.4, 0.5) is 11.4 Å². The third-order valence-electron chi connectivity index (χ3n) is 2.96. The molecule has 1 aromatic carbocycles. The highest BCUT2D eigenvalue weighted by Crippen LogP contribution is 2.31. The summed E-state index contributed by atoms with van der Waals surface area (Å²) < 4.78 is 0. The summed E-state index contributed by atoms with van der Waals surface area (Å²) in [6.45, 7) is 4.21. The molecule has 0 aliphatic carbocycles. The number of nitrogens with one attached hydrogen (secondary N) is 1. The van der Waals surface area contributed by atoms with E-state index in [1.807, 2.05) is 31.2 Å². The van der Waals surface area contributed by atoms with Gasteiger partial charge in [0, 0.05) is 18.3 Å². The number of nitrogens with zero attached hydrogens (tertiary/aromatic N) is 1. The van der Waals surface area contributed by atoms with Crippen LogP contribution < -0.4 is 10.2 Å². The minimum atomic E-state index is -0.0586. The Bertz CT molecular complexity index is 535. The molecule has 0 atom stereocenters. The molecule has 1 amide bonds. The molecule has 0 spiro atoms. The van der Waals surface area contributed by atoms with E-state index in [2.05, 4.69) is 5.32 Å². The maximum absolute atomic E-state index is 12.3. The van der Waals surface area contributed by atoms with Crippen LogP contribution in [-0.4, -0.2) is 18.2 Å². The summed E-state index contributed by atoms with van der Waals surface area (Å²) in [4.78, 5) is 25.3. The standard InChI is InChI=1S/C15H18N2O2/c1-3-8-17-14-7-5-4-6-13(14)16-12(9-11(2)18)10-15(17)19/h4-7,9,16H,3,8,10H2,1-2H3. The van der Waals surface area contributed by atoms with Crippen molar-refractivity contribution in [3.63, 3.8) is 0 Å². The van der Waals surface area contributed by atoms with Crippen molar-refractivity contribution in [1.29, 1.82) is 0 Å². The molecule has 1 aliphatic heterocycles. The summed E-state index contributed by atoms with van der Waals surface area (Å²) in [7, 11) is 0. The van der Waals surface area contributed by atoms with Gasteiger partial charge in [-0.2, -0.15) is 0 Å². The van der Waals surface area contributed by atoms with Crippen molar-refractivity contribution < 1.29 is 9.59 Å². The van der Waals surface area contributed by atoms with Gasteiger partial charge in [-0.15, -0.1) is 0 Å². The second kappa shape index (κ2) is 5.69. The van der Waals surface area contributed by atoms with Crippen molar-refractivity contribution in [3.8, 4) is 0 Å². The van der Waals surface area contributed by atoms with Crippen LogP contribution in [0, 0.1) is 0 Å². The number of anilines is 2. The number of carbonyl (C=O) groups is 2. The molecule has 1 aliphatic rings. The lowest BCUT2D eigenvalue weighted by Crippen LogP contribution is -2.30. The Labute approximate surface area is 113 Å². The number of rotatable bonds is 3. The molecule has 1 heterocycles. The maximum Gasteiger partial charge on any atom is 0.232 e. The van der Waals surface area contributed by atoms with E-state index in [1.54, 1.807) is 4.90 Å². The lowest BCUT2D eigenvalue weighted by atomic mass is 10.2. The third-order valence-corrected chi connectivity index (χ3v) is 2.96. The molecule has 0 unspecified atom stereocenters. The normalized spacial score (nSPS) is 16.8. The molecule has 1 N–H and O–H groups in total. The van der Waals surface area contributed by atoms with E-state index >= 15 is 0 Å². The molecule has 2 rings (SSSR count). The van der Waals surface area contributed by atoms with Gasteiger partial charge in [0.1, 0.15) is 0 Å².